The van der Waals surface area contributed by atoms with E-state index in [1.807, 2.05) is 0 Å². The van der Waals surface area contributed by atoms with E-state index < -0.39 is 5.97 Å². The van der Waals surface area contributed by atoms with Crippen molar-refractivity contribution >= 4 is 29.5 Å². The van der Waals surface area contributed by atoms with Gasteiger partial charge in [0.15, 0.2) is 0 Å². The molecule has 2 nitrogen and oxygen atoms in total. The zero-order chi connectivity index (χ0) is 10.5. The Morgan fingerprint density at radius 1 is 1.27 bits per heavy atom. The number of hydrogen-bond acceptors (Lipinski definition) is 3. The van der Waals surface area contributed by atoms with Gasteiger partial charge in [-0.2, -0.15) is 0 Å². The largest absolute Gasteiger partial charge is 0.481 e. The summed E-state index contributed by atoms with van der Waals surface area (Å²) in [5.41, 5.74) is 0. The molecule has 4 heteroatoms. The molecule has 0 aromatic heterocycles. The average Bonchev–Trinajstić information content (AvgIpc) is 2.76. The van der Waals surface area contributed by atoms with Crippen LogP contribution in [0, 0.1) is 17.8 Å². The number of hydrogen-bond donors (Lipinski definition) is 1. The van der Waals surface area contributed by atoms with Crippen LogP contribution in [0.5, 0.6) is 0 Å². The van der Waals surface area contributed by atoms with Gasteiger partial charge < -0.3 is 5.11 Å². The highest BCUT2D eigenvalue weighted by atomic mass is 32.2. The maximum Gasteiger partial charge on any atom is 0.306 e. The summed E-state index contributed by atoms with van der Waals surface area (Å²) in [6.07, 6.45) is 4.70. The Morgan fingerprint density at radius 2 is 2.00 bits per heavy atom. The maximum atomic E-state index is 11.2. The van der Waals surface area contributed by atoms with Crippen molar-refractivity contribution in [2.24, 2.45) is 17.8 Å². The molecular formula is C11H16O2S2. The van der Waals surface area contributed by atoms with E-state index in [4.69, 9.17) is 0 Å². The van der Waals surface area contributed by atoms with Crippen molar-refractivity contribution in [3.63, 3.8) is 0 Å². The SMILES string of the molecule is O=C(O)[C@@H]1C[C@H]2C[C@H]1C1(C2)SCCCS1. The summed E-state index contributed by atoms with van der Waals surface area (Å²) in [6, 6.07) is 0. The molecule has 3 aliphatic rings. The van der Waals surface area contributed by atoms with Crippen LogP contribution in [-0.4, -0.2) is 26.7 Å². The van der Waals surface area contributed by atoms with Gasteiger partial charge in [0.2, 0.25) is 0 Å². The first-order chi connectivity index (χ1) is 7.21. The Kier molecular flexibility index (Phi) is 2.47. The van der Waals surface area contributed by atoms with E-state index in [1.165, 1.54) is 30.8 Å². The van der Waals surface area contributed by atoms with E-state index in [9.17, 15) is 9.90 Å². The summed E-state index contributed by atoms with van der Waals surface area (Å²) in [5.74, 6) is 3.05. The van der Waals surface area contributed by atoms with Crippen LogP contribution in [0.4, 0.5) is 0 Å². The fourth-order valence-corrected chi connectivity index (χ4v) is 7.49. The molecule has 1 aliphatic heterocycles. The maximum absolute atomic E-state index is 11.2. The molecule has 0 aromatic rings. The molecule has 84 valence electrons. The third kappa shape index (κ3) is 1.52. The predicted octanol–water partition coefficient (Wildman–Crippen LogP) is 2.68. The van der Waals surface area contributed by atoms with Gasteiger partial charge in [0, 0.05) is 0 Å². The van der Waals surface area contributed by atoms with Crippen LogP contribution in [0.3, 0.4) is 0 Å². The van der Waals surface area contributed by atoms with Gasteiger partial charge in [-0.25, -0.2) is 0 Å². The highest BCUT2D eigenvalue weighted by Crippen LogP contribution is 2.65. The molecule has 0 unspecified atom stereocenters. The van der Waals surface area contributed by atoms with E-state index >= 15 is 0 Å². The normalized spacial score (nSPS) is 42.3. The first-order valence-electron chi connectivity index (χ1n) is 5.72. The average molecular weight is 244 g/mol. The van der Waals surface area contributed by atoms with E-state index in [0.717, 1.165) is 6.42 Å². The molecule has 2 aliphatic carbocycles. The van der Waals surface area contributed by atoms with Crippen molar-refractivity contribution in [3.8, 4) is 0 Å². The van der Waals surface area contributed by atoms with Crippen molar-refractivity contribution in [1.29, 1.82) is 0 Å². The number of thioether (sulfide) groups is 2. The lowest BCUT2D eigenvalue weighted by Crippen LogP contribution is -2.39. The molecule has 1 spiro atoms. The van der Waals surface area contributed by atoms with E-state index in [1.54, 1.807) is 0 Å². The third-order valence-electron chi connectivity index (χ3n) is 4.10. The minimum absolute atomic E-state index is 0.0400. The van der Waals surface area contributed by atoms with Crippen molar-refractivity contribution in [3.05, 3.63) is 0 Å². The van der Waals surface area contributed by atoms with E-state index in [2.05, 4.69) is 23.5 Å². The Bertz CT molecular complexity index is 286. The van der Waals surface area contributed by atoms with Crippen molar-refractivity contribution in [2.45, 2.75) is 29.8 Å². The van der Waals surface area contributed by atoms with Gasteiger partial charge in [-0.3, -0.25) is 4.79 Å². The Labute approximate surface area is 98.6 Å². The van der Waals surface area contributed by atoms with Gasteiger partial charge in [0.05, 0.1) is 10.00 Å². The summed E-state index contributed by atoms with van der Waals surface area (Å²) < 4.78 is 0.296. The fraction of sp³-hybridized carbons (Fsp3) is 0.909. The second-order valence-electron chi connectivity index (χ2n) is 4.96. The second-order valence-corrected chi connectivity index (χ2v) is 8.06. The van der Waals surface area contributed by atoms with Crippen molar-refractivity contribution in [2.75, 3.05) is 11.5 Å². The van der Waals surface area contributed by atoms with Crippen LogP contribution in [0.25, 0.3) is 0 Å². The summed E-state index contributed by atoms with van der Waals surface area (Å²) in [7, 11) is 0. The van der Waals surface area contributed by atoms with Crippen LogP contribution < -0.4 is 0 Å². The smallest absolute Gasteiger partial charge is 0.306 e. The van der Waals surface area contributed by atoms with Crippen molar-refractivity contribution in [1.82, 2.24) is 0 Å². The first-order valence-corrected chi connectivity index (χ1v) is 7.69. The molecule has 1 heterocycles. The zero-order valence-corrected chi connectivity index (χ0v) is 10.3. The van der Waals surface area contributed by atoms with Gasteiger partial charge in [0.25, 0.3) is 0 Å². The third-order valence-corrected chi connectivity index (χ3v) is 7.71. The number of rotatable bonds is 1. The number of carboxylic acid groups (broad SMARTS) is 1. The monoisotopic (exact) mass is 244 g/mol. The van der Waals surface area contributed by atoms with Crippen LogP contribution >= 0.6 is 23.5 Å². The lowest BCUT2D eigenvalue weighted by atomic mass is 9.88. The molecule has 3 fully saturated rings. The zero-order valence-electron chi connectivity index (χ0n) is 8.65. The van der Waals surface area contributed by atoms with Crippen molar-refractivity contribution < 1.29 is 9.90 Å². The first kappa shape index (κ1) is 10.3. The molecule has 2 saturated carbocycles. The van der Waals surface area contributed by atoms with Crippen LogP contribution in [0.1, 0.15) is 25.7 Å². The molecule has 0 radical (unpaired) electrons. The molecule has 1 saturated heterocycles. The molecule has 0 aromatic carbocycles. The molecule has 2 bridgehead atoms. The fourth-order valence-electron chi connectivity index (χ4n) is 3.54. The van der Waals surface area contributed by atoms with Gasteiger partial charge in [-0.15, -0.1) is 23.5 Å². The predicted molar refractivity (Wildman–Crippen MR) is 64.2 cm³/mol. The van der Waals surface area contributed by atoms with Crippen LogP contribution in [-0.2, 0) is 4.79 Å². The number of aliphatic carboxylic acids is 1. The summed E-state index contributed by atoms with van der Waals surface area (Å²) in [6.45, 7) is 0. The van der Waals surface area contributed by atoms with Gasteiger partial charge in [0.1, 0.15) is 0 Å². The van der Waals surface area contributed by atoms with Gasteiger partial charge >= 0.3 is 5.97 Å². The highest BCUT2D eigenvalue weighted by molar-refractivity contribution is 8.18. The molecule has 3 rings (SSSR count). The highest BCUT2D eigenvalue weighted by Gasteiger charge is 2.58. The minimum atomic E-state index is -0.548. The lowest BCUT2D eigenvalue weighted by Gasteiger charge is -2.41. The van der Waals surface area contributed by atoms with E-state index in [-0.39, 0.29) is 5.92 Å². The minimum Gasteiger partial charge on any atom is -0.481 e. The second kappa shape index (κ2) is 3.59. The number of carbonyl (C=O) groups is 1. The summed E-state index contributed by atoms with van der Waals surface area (Å²) in [5, 5.41) is 9.23. The molecular weight excluding hydrogens is 228 g/mol. The number of fused-ring (bicyclic) bond motifs is 3. The van der Waals surface area contributed by atoms with E-state index in [0.29, 0.717) is 15.9 Å². The quantitative estimate of drug-likeness (QED) is 0.769. The van der Waals surface area contributed by atoms with Crippen LogP contribution in [0.15, 0.2) is 0 Å². The Morgan fingerprint density at radius 3 is 2.60 bits per heavy atom. The summed E-state index contributed by atoms with van der Waals surface area (Å²) in [4.78, 5) is 11.2. The molecule has 1 N–H and O–H groups in total. The molecule has 0 amide bonds. The topological polar surface area (TPSA) is 37.3 Å². The molecule has 15 heavy (non-hydrogen) atoms. The molecule has 3 atom stereocenters. The number of carboxylic acids is 1. The Hall–Kier alpha value is 0.170. The van der Waals surface area contributed by atoms with Crippen LogP contribution in [0.2, 0.25) is 0 Å². The standard InChI is InChI=1S/C11H16O2S2/c12-10(13)8-4-7-5-9(8)11(6-7)14-2-1-3-15-11/h7-9H,1-6H2,(H,12,13)/t7-,8+,9+/m0/s1. The Balaban J connectivity index is 1.84. The van der Waals surface area contributed by atoms with Gasteiger partial charge in [-0.05, 0) is 49.0 Å². The summed E-state index contributed by atoms with van der Waals surface area (Å²) >= 11 is 4.11. The lowest BCUT2D eigenvalue weighted by molar-refractivity contribution is -0.143. The van der Waals surface area contributed by atoms with Gasteiger partial charge in [-0.1, -0.05) is 0 Å².